The van der Waals surface area contributed by atoms with Crippen molar-refractivity contribution in [2.75, 3.05) is 7.11 Å². The lowest BCUT2D eigenvalue weighted by molar-refractivity contribution is -0.964. The van der Waals surface area contributed by atoms with Crippen molar-refractivity contribution in [3.8, 4) is 0 Å². The maximum Gasteiger partial charge on any atom is 0.367 e. The van der Waals surface area contributed by atoms with Gasteiger partial charge < -0.3 is 19.8 Å². The number of rotatable bonds is 6. The second kappa shape index (κ2) is 8.59. The van der Waals surface area contributed by atoms with Gasteiger partial charge in [0.25, 0.3) is 0 Å². The molecule has 1 unspecified atom stereocenters. The Balaban J connectivity index is 1.87. The van der Waals surface area contributed by atoms with Crippen molar-refractivity contribution in [3.05, 3.63) is 77.9 Å². The summed E-state index contributed by atoms with van der Waals surface area (Å²) in [5.74, 6) is -4.24. The summed E-state index contributed by atoms with van der Waals surface area (Å²) in [6, 6.07) is 17.5. The number of hydrogen-bond donors (Lipinski definition) is 3. The predicted octanol–water partition coefficient (Wildman–Crippen LogP) is 1.82. The van der Waals surface area contributed by atoms with E-state index in [0.29, 0.717) is 4.90 Å². The van der Waals surface area contributed by atoms with Crippen LogP contribution in [-0.4, -0.2) is 46.8 Å². The third kappa shape index (κ3) is 3.58. The lowest BCUT2D eigenvalue weighted by atomic mass is 9.83. The predicted molar refractivity (Wildman–Crippen MR) is 116 cm³/mol. The zero-order valence-corrected chi connectivity index (χ0v) is 17.7. The van der Waals surface area contributed by atoms with E-state index in [4.69, 9.17) is 4.74 Å². The molecule has 2 aliphatic rings. The molecule has 0 amide bonds. The van der Waals surface area contributed by atoms with Crippen LogP contribution in [0.2, 0.25) is 0 Å². The number of quaternary nitrogens is 1. The van der Waals surface area contributed by atoms with Gasteiger partial charge in [-0.3, -0.25) is 9.59 Å². The second-order valence-corrected chi connectivity index (χ2v) is 8.51. The van der Waals surface area contributed by atoms with Crippen molar-refractivity contribution >= 4 is 24.0 Å². The molecule has 32 heavy (non-hydrogen) atoms. The summed E-state index contributed by atoms with van der Waals surface area (Å²) >= 11 is 0. The van der Waals surface area contributed by atoms with E-state index in [9.17, 15) is 24.6 Å². The van der Waals surface area contributed by atoms with Crippen molar-refractivity contribution in [2.45, 2.75) is 30.5 Å². The molecule has 2 saturated heterocycles. The standard InChI is InChI=1S/C25H25NO6/c1-32-24(31)25-14-18(22(27)28)20(13-12-16-8-4-2-5-9-16)26(25)21(19(15-25)23(29)30)17-10-6-3-7-11-17/h2-13,18-21H,14-15H2,1H3,(H,27,28)(H,29,30)/p+1/b13-12+/t18-,19-,20-,21-,25-/m0/s1. The number of carboxylic acid groups (broad SMARTS) is 2. The van der Waals surface area contributed by atoms with Gasteiger partial charge in [0.1, 0.15) is 23.9 Å². The van der Waals surface area contributed by atoms with Gasteiger partial charge in [-0.15, -0.1) is 0 Å². The molecule has 6 atom stereocenters. The van der Waals surface area contributed by atoms with Crippen LogP contribution in [0.15, 0.2) is 66.7 Å². The first-order valence-electron chi connectivity index (χ1n) is 10.6. The van der Waals surface area contributed by atoms with Gasteiger partial charge in [-0.1, -0.05) is 66.7 Å². The van der Waals surface area contributed by atoms with Gasteiger partial charge in [0, 0.05) is 18.4 Å². The van der Waals surface area contributed by atoms with Gasteiger partial charge in [-0.2, -0.15) is 0 Å². The Morgan fingerprint density at radius 3 is 2.06 bits per heavy atom. The molecule has 2 fully saturated rings. The largest absolute Gasteiger partial charge is 0.481 e. The minimum absolute atomic E-state index is 0.0290. The van der Waals surface area contributed by atoms with Crippen LogP contribution in [0.3, 0.4) is 0 Å². The summed E-state index contributed by atoms with van der Waals surface area (Å²) in [5.41, 5.74) is 0.425. The van der Waals surface area contributed by atoms with Crippen LogP contribution in [0.4, 0.5) is 0 Å². The minimum Gasteiger partial charge on any atom is -0.481 e. The molecule has 2 heterocycles. The molecule has 0 aliphatic carbocycles. The number of hydrogen-bond acceptors (Lipinski definition) is 4. The van der Waals surface area contributed by atoms with E-state index < -0.39 is 47.4 Å². The molecule has 4 rings (SSSR count). The second-order valence-electron chi connectivity index (χ2n) is 8.51. The molecule has 2 aliphatic heterocycles. The molecule has 166 valence electrons. The van der Waals surface area contributed by atoms with E-state index in [2.05, 4.69) is 0 Å². The van der Waals surface area contributed by atoms with Crippen LogP contribution in [0.1, 0.15) is 30.0 Å². The number of ether oxygens (including phenoxy) is 1. The van der Waals surface area contributed by atoms with Crippen LogP contribution in [-0.2, 0) is 19.1 Å². The molecule has 0 bridgehead atoms. The third-order valence-electron chi connectivity index (χ3n) is 6.88. The fourth-order valence-electron chi connectivity index (χ4n) is 5.61. The maximum atomic E-state index is 13.1. The smallest absolute Gasteiger partial charge is 0.367 e. The Morgan fingerprint density at radius 2 is 1.50 bits per heavy atom. The van der Waals surface area contributed by atoms with Crippen LogP contribution in [0, 0.1) is 11.8 Å². The van der Waals surface area contributed by atoms with Crippen LogP contribution >= 0.6 is 0 Å². The lowest BCUT2D eigenvalue weighted by Gasteiger charge is -2.33. The zero-order valence-electron chi connectivity index (χ0n) is 17.7. The molecule has 2 aromatic carbocycles. The summed E-state index contributed by atoms with van der Waals surface area (Å²) in [4.78, 5) is 38.3. The Kier molecular flexibility index (Phi) is 5.84. The highest BCUT2D eigenvalue weighted by Crippen LogP contribution is 2.43. The van der Waals surface area contributed by atoms with Gasteiger partial charge in [0.15, 0.2) is 5.54 Å². The number of benzene rings is 2. The van der Waals surface area contributed by atoms with Gasteiger partial charge in [-0.25, -0.2) is 4.79 Å². The maximum absolute atomic E-state index is 13.1. The molecule has 3 N–H and O–H groups in total. The van der Waals surface area contributed by atoms with Crippen LogP contribution in [0.5, 0.6) is 0 Å². The quantitative estimate of drug-likeness (QED) is 0.597. The fourth-order valence-corrected chi connectivity index (χ4v) is 5.61. The van der Waals surface area contributed by atoms with Crippen molar-refractivity contribution < 1.29 is 34.2 Å². The fraction of sp³-hybridized carbons (Fsp3) is 0.320. The number of fused-ring (bicyclic) bond motifs is 1. The first-order chi connectivity index (χ1) is 15.4. The summed E-state index contributed by atoms with van der Waals surface area (Å²) < 4.78 is 5.12. The highest BCUT2D eigenvalue weighted by atomic mass is 16.5. The molecule has 0 spiro atoms. The van der Waals surface area contributed by atoms with E-state index in [1.165, 1.54) is 7.11 Å². The molecular weight excluding hydrogens is 410 g/mol. The van der Waals surface area contributed by atoms with E-state index in [0.717, 1.165) is 11.1 Å². The molecular formula is C25H26NO6+. The summed E-state index contributed by atoms with van der Waals surface area (Å²) in [6.07, 6.45) is 3.72. The Morgan fingerprint density at radius 1 is 0.938 bits per heavy atom. The average molecular weight is 436 g/mol. The van der Waals surface area contributed by atoms with Gasteiger partial charge in [0.05, 0.1) is 7.11 Å². The molecule has 0 saturated carbocycles. The SMILES string of the molecule is COC(=O)[C@@]12C[C@H](C(=O)O)[C@H](/C=C/c3ccccc3)[NH+]1[C@@H](c1ccccc1)[C@@H](C(=O)O)C2. The molecule has 7 heteroatoms. The van der Waals surface area contributed by atoms with Gasteiger partial charge >= 0.3 is 17.9 Å². The average Bonchev–Trinajstić information content (AvgIpc) is 3.31. The van der Waals surface area contributed by atoms with Crippen molar-refractivity contribution in [2.24, 2.45) is 11.8 Å². The first kappa shape index (κ1) is 21.8. The molecule has 0 aromatic heterocycles. The summed E-state index contributed by atoms with van der Waals surface area (Å²) in [6.45, 7) is 0. The Bertz CT molecular complexity index is 1040. The Labute approximate surface area is 185 Å². The monoisotopic (exact) mass is 436 g/mol. The number of aliphatic carboxylic acids is 2. The normalized spacial score (nSPS) is 31.3. The number of esters is 1. The van der Waals surface area contributed by atoms with Crippen LogP contribution < -0.4 is 4.90 Å². The van der Waals surface area contributed by atoms with E-state index in [1.807, 2.05) is 72.8 Å². The first-order valence-corrected chi connectivity index (χ1v) is 10.6. The number of carbonyl (C=O) groups is 3. The Hall–Kier alpha value is -3.45. The number of carbonyl (C=O) groups excluding carboxylic acids is 1. The molecule has 2 aromatic rings. The third-order valence-corrected chi connectivity index (χ3v) is 6.88. The van der Waals surface area contributed by atoms with Crippen LogP contribution in [0.25, 0.3) is 6.08 Å². The van der Waals surface area contributed by atoms with E-state index >= 15 is 0 Å². The number of carboxylic acids is 2. The topological polar surface area (TPSA) is 105 Å². The van der Waals surface area contributed by atoms with Gasteiger partial charge in [0.2, 0.25) is 0 Å². The van der Waals surface area contributed by atoms with Crippen molar-refractivity contribution in [1.29, 1.82) is 0 Å². The van der Waals surface area contributed by atoms with Crippen molar-refractivity contribution in [1.82, 2.24) is 0 Å². The van der Waals surface area contributed by atoms with E-state index in [1.54, 1.807) is 0 Å². The molecule has 7 nitrogen and oxygen atoms in total. The number of nitrogens with one attached hydrogen (secondary N) is 1. The number of methoxy groups -OCH3 is 1. The minimum atomic E-state index is -1.24. The van der Waals surface area contributed by atoms with Crippen molar-refractivity contribution in [3.63, 3.8) is 0 Å². The highest BCUT2D eigenvalue weighted by molar-refractivity contribution is 5.84. The zero-order chi connectivity index (χ0) is 22.9. The summed E-state index contributed by atoms with van der Waals surface area (Å²) in [7, 11) is 1.27. The summed E-state index contributed by atoms with van der Waals surface area (Å²) in [5, 5.41) is 20.1. The van der Waals surface area contributed by atoms with Gasteiger partial charge in [-0.05, 0) is 11.6 Å². The molecule has 0 radical (unpaired) electrons. The highest BCUT2D eigenvalue weighted by Gasteiger charge is 2.71. The van der Waals surface area contributed by atoms with E-state index in [-0.39, 0.29) is 12.8 Å². The lowest BCUT2D eigenvalue weighted by Crippen LogP contribution is -3.20.